The van der Waals surface area contributed by atoms with Gasteiger partial charge in [0.2, 0.25) is 5.91 Å². The maximum Gasteiger partial charge on any atom is 0.226 e. The Balaban J connectivity index is 1.42. The van der Waals surface area contributed by atoms with Crippen LogP contribution in [0.15, 0.2) is 24.3 Å². The average Bonchev–Trinajstić information content (AvgIpc) is 3.14. The van der Waals surface area contributed by atoms with Gasteiger partial charge in [-0.3, -0.25) is 4.79 Å². The maximum absolute atomic E-state index is 12.2. The number of para-hydroxylation sites is 1. The van der Waals surface area contributed by atoms with Crippen LogP contribution in [0, 0.1) is 0 Å². The molecule has 1 aliphatic heterocycles. The lowest BCUT2D eigenvalue weighted by molar-refractivity contribution is -0.116. The summed E-state index contributed by atoms with van der Waals surface area (Å²) in [5.41, 5.74) is 3.58. The van der Waals surface area contributed by atoms with Crippen molar-refractivity contribution < 1.29 is 4.79 Å². The number of carbonyl (C=O) groups is 1. The van der Waals surface area contributed by atoms with Crippen molar-refractivity contribution in [2.75, 3.05) is 17.2 Å². The van der Waals surface area contributed by atoms with Crippen molar-refractivity contribution in [2.24, 2.45) is 0 Å². The summed E-state index contributed by atoms with van der Waals surface area (Å²) in [6.45, 7) is 0.834. The van der Waals surface area contributed by atoms with Gasteiger partial charge in [0.1, 0.15) is 0 Å². The molecule has 21 heavy (non-hydrogen) atoms. The molecule has 1 aromatic heterocycles. The number of rotatable bonds is 3. The highest BCUT2D eigenvalue weighted by atomic mass is 32.1. The third-order valence-corrected chi connectivity index (χ3v) is 5.29. The topological polar surface area (TPSA) is 54.0 Å². The molecule has 1 unspecified atom stereocenters. The number of hydrogen-bond donors (Lipinski definition) is 2. The number of carbonyl (C=O) groups excluding carboxylic acids is 1. The van der Waals surface area contributed by atoms with Gasteiger partial charge >= 0.3 is 0 Å². The fraction of sp³-hybridized carbons (Fsp3) is 0.375. The summed E-state index contributed by atoms with van der Waals surface area (Å²) in [5.74, 6) is 0.318. The molecule has 2 aliphatic rings. The molecule has 0 fully saturated rings. The normalized spacial score (nSPS) is 19.0. The summed E-state index contributed by atoms with van der Waals surface area (Å²) in [5, 5.41) is 7.10. The van der Waals surface area contributed by atoms with Crippen molar-refractivity contribution in [1.29, 1.82) is 0 Å². The van der Waals surface area contributed by atoms with Gasteiger partial charge in [-0.25, -0.2) is 4.98 Å². The summed E-state index contributed by atoms with van der Waals surface area (Å²) in [7, 11) is 0. The summed E-state index contributed by atoms with van der Waals surface area (Å²) in [6.07, 6.45) is 3.88. The van der Waals surface area contributed by atoms with Crippen molar-refractivity contribution >= 4 is 28.1 Å². The van der Waals surface area contributed by atoms with E-state index in [1.165, 1.54) is 22.6 Å². The van der Waals surface area contributed by atoms with Gasteiger partial charge < -0.3 is 10.6 Å². The zero-order valence-corrected chi connectivity index (χ0v) is 12.5. The SMILES string of the molecule is O=C(CC1CNc2ccccc21)Nc1nc2c(s1)CCC2. The molecule has 1 aromatic carbocycles. The predicted octanol–water partition coefficient (Wildman–Crippen LogP) is 3.17. The molecule has 2 N–H and O–H groups in total. The molecule has 0 bridgehead atoms. The second-order valence-corrected chi connectivity index (χ2v) is 6.74. The van der Waals surface area contributed by atoms with Gasteiger partial charge in [0.25, 0.3) is 0 Å². The largest absolute Gasteiger partial charge is 0.384 e. The first-order valence-electron chi connectivity index (χ1n) is 7.41. The lowest BCUT2D eigenvalue weighted by atomic mass is 9.98. The Kier molecular flexibility index (Phi) is 3.15. The van der Waals surface area contributed by atoms with Gasteiger partial charge in [-0.05, 0) is 30.9 Å². The van der Waals surface area contributed by atoms with E-state index in [2.05, 4.69) is 27.8 Å². The van der Waals surface area contributed by atoms with Crippen LogP contribution in [0.5, 0.6) is 0 Å². The predicted molar refractivity (Wildman–Crippen MR) is 85.1 cm³/mol. The molecule has 2 heterocycles. The Morgan fingerprint density at radius 1 is 1.38 bits per heavy atom. The molecule has 108 valence electrons. The molecule has 0 radical (unpaired) electrons. The molecule has 1 atom stereocenters. The maximum atomic E-state index is 12.2. The summed E-state index contributed by atoms with van der Waals surface area (Å²) in [4.78, 5) is 18.1. The zero-order chi connectivity index (χ0) is 14.2. The average molecular weight is 299 g/mol. The number of aromatic nitrogens is 1. The standard InChI is InChI=1S/C16H17N3OS/c20-15(19-16-18-13-6-3-7-14(13)21-16)8-10-9-17-12-5-2-1-4-11(10)12/h1-2,4-5,10,17H,3,6-9H2,(H,18,19,20). The van der Waals surface area contributed by atoms with E-state index in [9.17, 15) is 4.79 Å². The minimum Gasteiger partial charge on any atom is -0.384 e. The van der Waals surface area contributed by atoms with E-state index in [4.69, 9.17) is 0 Å². The van der Waals surface area contributed by atoms with Crippen LogP contribution in [0.3, 0.4) is 0 Å². The number of aryl methyl sites for hydroxylation is 2. The second kappa shape index (κ2) is 5.15. The van der Waals surface area contributed by atoms with Crippen molar-refractivity contribution in [2.45, 2.75) is 31.6 Å². The molecular formula is C16H17N3OS. The molecule has 1 aliphatic carbocycles. The minimum absolute atomic E-state index is 0.0610. The summed E-state index contributed by atoms with van der Waals surface area (Å²) < 4.78 is 0. The number of amides is 1. The molecular weight excluding hydrogens is 282 g/mol. The molecule has 4 nitrogen and oxygen atoms in total. The minimum atomic E-state index is 0.0610. The van der Waals surface area contributed by atoms with E-state index >= 15 is 0 Å². The number of hydrogen-bond acceptors (Lipinski definition) is 4. The first-order chi connectivity index (χ1) is 10.3. The molecule has 1 amide bonds. The number of thiazole rings is 1. The van der Waals surface area contributed by atoms with Gasteiger partial charge in [-0.1, -0.05) is 18.2 Å². The molecule has 5 heteroatoms. The van der Waals surface area contributed by atoms with Crippen LogP contribution in [0.1, 0.15) is 34.9 Å². The number of fused-ring (bicyclic) bond motifs is 2. The van der Waals surface area contributed by atoms with Gasteiger partial charge in [-0.15, -0.1) is 11.3 Å². The highest BCUT2D eigenvalue weighted by molar-refractivity contribution is 7.15. The van der Waals surface area contributed by atoms with E-state index in [0.717, 1.165) is 30.2 Å². The van der Waals surface area contributed by atoms with Crippen LogP contribution in [0.25, 0.3) is 0 Å². The summed E-state index contributed by atoms with van der Waals surface area (Å²) >= 11 is 1.64. The zero-order valence-electron chi connectivity index (χ0n) is 11.7. The molecule has 2 aromatic rings. The van der Waals surface area contributed by atoms with E-state index in [-0.39, 0.29) is 11.8 Å². The lowest BCUT2D eigenvalue weighted by Crippen LogP contribution is -2.16. The van der Waals surface area contributed by atoms with Gasteiger partial charge in [-0.2, -0.15) is 0 Å². The van der Waals surface area contributed by atoms with Crippen molar-refractivity contribution in [1.82, 2.24) is 4.98 Å². The fourth-order valence-electron chi connectivity index (χ4n) is 3.18. The third-order valence-electron chi connectivity index (χ3n) is 4.21. The highest BCUT2D eigenvalue weighted by Gasteiger charge is 2.25. The van der Waals surface area contributed by atoms with Gasteiger partial charge in [0.05, 0.1) is 5.69 Å². The Morgan fingerprint density at radius 3 is 3.19 bits per heavy atom. The lowest BCUT2D eigenvalue weighted by Gasteiger charge is -2.09. The van der Waals surface area contributed by atoms with Crippen molar-refractivity contribution in [3.8, 4) is 0 Å². The quantitative estimate of drug-likeness (QED) is 0.915. The van der Waals surface area contributed by atoms with Crippen LogP contribution in [-0.2, 0) is 17.6 Å². The van der Waals surface area contributed by atoms with Crippen LogP contribution in [0.2, 0.25) is 0 Å². The Hall–Kier alpha value is -1.88. The number of benzene rings is 1. The number of nitrogens with zero attached hydrogens (tertiary/aromatic N) is 1. The van der Waals surface area contributed by atoms with E-state index in [1.807, 2.05) is 12.1 Å². The molecule has 4 rings (SSSR count). The van der Waals surface area contributed by atoms with E-state index in [1.54, 1.807) is 11.3 Å². The molecule has 0 saturated heterocycles. The van der Waals surface area contributed by atoms with Gasteiger partial charge in [0.15, 0.2) is 5.13 Å². The van der Waals surface area contributed by atoms with Gasteiger partial charge in [0, 0.05) is 29.4 Å². The van der Waals surface area contributed by atoms with Crippen LogP contribution in [0.4, 0.5) is 10.8 Å². The van der Waals surface area contributed by atoms with Crippen LogP contribution >= 0.6 is 11.3 Å². The second-order valence-electron chi connectivity index (χ2n) is 5.66. The van der Waals surface area contributed by atoms with Crippen LogP contribution < -0.4 is 10.6 Å². The van der Waals surface area contributed by atoms with Crippen molar-refractivity contribution in [3.63, 3.8) is 0 Å². The van der Waals surface area contributed by atoms with Crippen molar-refractivity contribution in [3.05, 3.63) is 40.4 Å². The number of anilines is 2. The highest BCUT2D eigenvalue weighted by Crippen LogP contribution is 2.34. The third kappa shape index (κ3) is 2.42. The molecule has 0 saturated carbocycles. The number of nitrogens with one attached hydrogen (secondary N) is 2. The Bertz CT molecular complexity index is 673. The first-order valence-corrected chi connectivity index (χ1v) is 8.22. The Morgan fingerprint density at radius 2 is 2.29 bits per heavy atom. The first kappa shape index (κ1) is 12.8. The smallest absolute Gasteiger partial charge is 0.226 e. The van der Waals surface area contributed by atoms with E-state index < -0.39 is 0 Å². The monoisotopic (exact) mass is 299 g/mol. The van der Waals surface area contributed by atoms with Crippen LogP contribution in [-0.4, -0.2) is 17.4 Å². The molecule has 0 spiro atoms. The summed E-state index contributed by atoms with van der Waals surface area (Å²) in [6, 6.07) is 8.22. The fourth-order valence-corrected chi connectivity index (χ4v) is 4.24. The Labute approximate surface area is 127 Å². The van der Waals surface area contributed by atoms with E-state index in [0.29, 0.717) is 6.42 Å².